The summed E-state index contributed by atoms with van der Waals surface area (Å²) in [7, 11) is -1.57. The van der Waals surface area contributed by atoms with E-state index in [9.17, 15) is 13.2 Å². The first kappa shape index (κ1) is 23.3. The fourth-order valence-electron chi connectivity index (χ4n) is 4.82. The highest BCUT2D eigenvalue weighted by atomic mass is 32.2. The van der Waals surface area contributed by atoms with Crippen LogP contribution in [0.4, 0.5) is 5.69 Å². The maximum Gasteiger partial charge on any atom is 0.256 e. The van der Waals surface area contributed by atoms with Crippen LogP contribution in [0, 0.1) is 6.92 Å². The van der Waals surface area contributed by atoms with E-state index in [2.05, 4.69) is 10.4 Å². The van der Waals surface area contributed by atoms with Gasteiger partial charge in [-0.2, -0.15) is 5.10 Å². The number of amides is 1. The van der Waals surface area contributed by atoms with Crippen LogP contribution in [0.5, 0.6) is 17.2 Å². The molecule has 1 amide bonds. The molecule has 2 aliphatic heterocycles. The summed E-state index contributed by atoms with van der Waals surface area (Å²) in [6, 6.07) is 14.0. The number of pyridine rings is 1. The maximum absolute atomic E-state index is 13.7. The molecular weight excluding hydrogens is 496 g/mol. The van der Waals surface area contributed by atoms with Crippen LogP contribution in [0.15, 0.2) is 48.5 Å². The van der Waals surface area contributed by atoms with Gasteiger partial charge in [0.2, 0.25) is 6.79 Å². The van der Waals surface area contributed by atoms with Gasteiger partial charge in [-0.25, -0.2) is 18.1 Å². The minimum absolute atomic E-state index is 0.00693. The minimum atomic E-state index is -3.15. The van der Waals surface area contributed by atoms with Crippen LogP contribution >= 0.6 is 0 Å². The molecule has 1 unspecified atom stereocenters. The number of aromatic nitrogens is 3. The second kappa shape index (κ2) is 8.77. The Hall–Kier alpha value is -4.12. The van der Waals surface area contributed by atoms with E-state index in [1.165, 1.54) is 0 Å². The van der Waals surface area contributed by atoms with Crippen molar-refractivity contribution in [1.29, 1.82) is 0 Å². The number of rotatable bonds is 5. The minimum Gasteiger partial charge on any atom is -0.497 e. The summed E-state index contributed by atoms with van der Waals surface area (Å²) in [5.41, 5.74) is 3.29. The number of nitrogens with zero attached hydrogens (tertiary/aromatic N) is 3. The number of hydrogen-bond acceptors (Lipinski definition) is 8. The van der Waals surface area contributed by atoms with Gasteiger partial charge in [0.25, 0.3) is 5.91 Å². The summed E-state index contributed by atoms with van der Waals surface area (Å²) in [6.45, 7) is 1.93. The number of carbonyl (C=O) groups excluding carboxylic acids is 1. The Morgan fingerprint density at radius 3 is 2.76 bits per heavy atom. The van der Waals surface area contributed by atoms with E-state index in [1.807, 2.05) is 24.3 Å². The van der Waals surface area contributed by atoms with Crippen molar-refractivity contribution < 1.29 is 27.4 Å². The molecule has 0 spiro atoms. The molecular formula is C26H24N4O6S. The van der Waals surface area contributed by atoms with Crippen molar-refractivity contribution in [3.8, 4) is 28.5 Å². The van der Waals surface area contributed by atoms with E-state index in [4.69, 9.17) is 19.2 Å². The zero-order valence-corrected chi connectivity index (χ0v) is 21.0. The highest BCUT2D eigenvalue weighted by molar-refractivity contribution is 7.91. The number of ether oxygens (including phenoxy) is 3. The van der Waals surface area contributed by atoms with Crippen molar-refractivity contribution in [2.24, 2.45) is 0 Å². The van der Waals surface area contributed by atoms with Gasteiger partial charge < -0.3 is 19.5 Å². The highest BCUT2D eigenvalue weighted by Gasteiger charge is 2.32. The lowest BCUT2D eigenvalue weighted by Gasteiger charge is -2.13. The highest BCUT2D eigenvalue weighted by Crippen LogP contribution is 2.36. The fourth-order valence-corrected chi connectivity index (χ4v) is 6.51. The second-order valence-corrected chi connectivity index (χ2v) is 11.3. The van der Waals surface area contributed by atoms with E-state index < -0.39 is 9.84 Å². The van der Waals surface area contributed by atoms with Crippen molar-refractivity contribution in [2.45, 2.75) is 19.4 Å². The molecule has 2 aliphatic rings. The molecule has 2 aromatic heterocycles. The third-order valence-electron chi connectivity index (χ3n) is 6.63. The third kappa shape index (κ3) is 4.25. The van der Waals surface area contributed by atoms with Crippen molar-refractivity contribution >= 4 is 32.5 Å². The van der Waals surface area contributed by atoms with Crippen LogP contribution in [0.3, 0.4) is 0 Å². The molecule has 2 aromatic carbocycles. The zero-order valence-electron chi connectivity index (χ0n) is 20.2. The molecule has 0 aliphatic carbocycles. The molecule has 37 heavy (non-hydrogen) atoms. The van der Waals surface area contributed by atoms with Gasteiger partial charge in [0, 0.05) is 17.3 Å². The second-order valence-electron chi connectivity index (χ2n) is 9.09. The Morgan fingerprint density at radius 1 is 1.14 bits per heavy atom. The summed E-state index contributed by atoms with van der Waals surface area (Å²) in [6.07, 6.45) is 0.447. The van der Waals surface area contributed by atoms with E-state index >= 15 is 0 Å². The number of nitrogens with one attached hydrogen (secondary N) is 1. The number of aryl methyl sites for hydroxylation is 1. The third-order valence-corrected chi connectivity index (χ3v) is 8.38. The summed E-state index contributed by atoms with van der Waals surface area (Å²) in [5.74, 6) is 1.57. The van der Waals surface area contributed by atoms with Crippen LogP contribution in [0.2, 0.25) is 0 Å². The topological polar surface area (TPSA) is 122 Å². The van der Waals surface area contributed by atoms with Gasteiger partial charge in [-0.15, -0.1) is 0 Å². The molecule has 1 N–H and O–H groups in total. The molecule has 4 heterocycles. The van der Waals surface area contributed by atoms with Crippen LogP contribution in [0.1, 0.15) is 28.5 Å². The van der Waals surface area contributed by atoms with Crippen LogP contribution in [0.25, 0.3) is 22.3 Å². The monoisotopic (exact) mass is 520 g/mol. The first-order valence-corrected chi connectivity index (χ1v) is 13.6. The first-order chi connectivity index (χ1) is 17.8. The zero-order chi connectivity index (χ0) is 25.7. The molecule has 1 fully saturated rings. The molecule has 1 atom stereocenters. The van der Waals surface area contributed by atoms with Crippen molar-refractivity contribution in [2.75, 3.05) is 30.7 Å². The quantitative estimate of drug-likeness (QED) is 0.422. The number of benzene rings is 2. The van der Waals surface area contributed by atoms with Gasteiger partial charge in [0.1, 0.15) is 5.75 Å². The number of carbonyl (C=O) groups is 1. The average molecular weight is 521 g/mol. The molecule has 0 saturated carbocycles. The predicted molar refractivity (Wildman–Crippen MR) is 137 cm³/mol. The SMILES string of the molecule is COc1cccc(-c2cc(C(=O)Nc3ccc4c(c3)OCO4)c3c(C)nn(C4CCS(=O)(=O)C4)c3n2)c1. The molecule has 190 valence electrons. The van der Waals surface area contributed by atoms with E-state index in [1.54, 1.807) is 43.0 Å². The van der Waals surface area contributed by atoms with Gasteiger partial charge in [0.05, 0.1) is 47.0 Å². The largest absolute Gasteiger partial charge is 0.497 e. The lowest BCUT2D eigenvalue weighted by Crippen LogP contribution is -2.15. The van der Waals surface area contributed by atoms with E-state index in [0.29, 0.717) is 57.3 Å². The van der Waals surface area contributed by atoms with Crippen molar-refractivity contribution in [3.05, 3.63) is 59.8 Å². The number of fused-ring (bicyclic) bond motifs is 2. The number of sulfone groups is 1. The average Bonchev–Trinajstić information content (AvgIpc) is 3.60. The molecule has 10 nitrogen and oxygen atoms in total. The number of anilines is 1. The van der Waals surface area contributed by atoms with Crippen molar-refractivity contribution in [1.82, 2.24) is 14.8 Å². The summed E-state index contributed by atoms with van der Waals surface area (Å²) in [5, 5.41) is 8.17. The Morgan fingerprint density at radius 2 is 1.97 bits per heavy atom. The lowest BCUT2D eigenvalue weighted by molar-refractivity contribution is 0.102. The molecule has 6 rings (SSSR count). The van der Waals surface area contributed by atoms with Gasteiger partial charge in [-0.05, 0) is 43.7 Å². The Bertz CT molecular complexity index is 1660. The normalized spacial score (nSPS) is 17.7. The molecule has 1 saturated heterocycles. The van der Waals surface area contributed by atoms with Gasteiger partial charge >= 0.3 is 0 Å². The first-order valence-electron chi connectivity index (χ1n) is 11.8. The molecule has 11 heteroatoms. The Labute approximate surface area is 213 Å². The Balaban J connectivity index is 1.49. The lowest BCUT2D eigenvalue weighted by atomic mass is 10.0. The molecule has 0 radical (unpaired) electrons. The summed E-state index contributed by atoms with van der Waals surface area (Å²) >= 11 is 0. The smallest absolute Gasteiger partial charge is 0.256 e. The standard InChI is InChI=1S/C26H24N4O6S/c1-15-24-20(26(31)27-17-6-7-22-23(11-17)36-14-35-22)12-21(16-4-3-5-19(10-16)34-2)28-25(24)30(29-15)18-8-9-37(32,33)13-18/h3-7,10-12,18H,8-9,13-14H2,1-2H3,(H,27,31). The molecule has 4 aromatic rings. The van der Waals surface area contributed by atoms with Crippen LogP contribution in [-0.4, -0.2) is 54.5 Å². The van der Waals surface area contributed by atoms with Crippen LogP contribution in [-0.2, 0) is 9.84 Å². The summed E-state index contributed by atoms with van der Waals surface area (Å²) in [4.78, 5) is 18.5. The summed E-state index contributed by atoms with van der Waals surface area (Å²) < 4.78 is 42.3. The van der Waals surface area contributed by atoms with E-state index in [0.717, 1.165) is 5.56 Å². The number of hydrogen-bond donors (Lipinski definition) is 1. The van der Waals surface area contributed by atoms with Gasteiger partial charge in [0.15, 0.2) is 27.0 Å². The predicted octanol–water partition coefficient (Wildman–Crippen LogP) is 3.76. The molecule has 0 bridgehead atoms. The van der Waals surface area contributed by atoms with Crippen LogP contribution < -0.4 is 19.5 Å². The van der Waals surface area contributed by atoms with Crippen molar-refractivity contribution in [3.63, 3.8) is 0 Å². The Kier molecular flexibility index (Phi) is 5.52. The van der Waals surface area contributed by atoms with E-state index in [-0.39, 0.29) is 30.2 Å². The fraction of sp³-hybridized carbons (Fsp3) is 0.269. The maximum atomic E-state index is 13.7. The van der Waals surface area contributed by atoms with Gasteiger partial charge in [-0.1, -0.05) is 12.1 Å². The number of methoxy groups -OCH3 is 1. The van der Waals surface area contributed by atoms with Gasteiger partial charge in [-0.3, -0.25) is 4.79 Å².